The van der Waals surface area contributed by atoms with Gasteiger partial charge in [0.15, 0.2) is 23.1 Å². The fourth-order valence-corrected chi connectivity index (χ4v) is 4.28. The first-order valence-corrected chi connectivity index (χ1v) is 10.4. The molecule has 0 aliphatic carbocycles. The van der Waals surface area contributed by atoms with E-state index in [0.29, 0.717) is 16.0 Å². The predicted molar refractivity (Wildman–Crippen MR) is 118 cm³/mol. The molecule has 7 heteroatoms. The van der Waals surface area contributed by atoms with Gasteiger partial charge in [-0.1, -0.05) is 18.2 Å². The third-order valence-electron chi connectivity index (χ3n) is 4.94. The van der Waals surface area contributed by atoms with E-state index in [9.17, 15) is 19.1 Å². The maximum Gasteiger partial charge on any atom is 0.181 e. The molecule has 0 unspecified atom stereocenters. The van der Waals surface area contributed by atoms with Crippen molar-refractivity contribution in [3.63, 3.8) is 0 Å². The fraction of sp³-hybridized carbons (Fsp3) is 0.125. The van der Waals surface area contributed by atoms with Gasteiger partial charge in [-0.15, -0.1) is 11.3 Å². The van der Waals surface area contributed by atoms with Crippen LogP contribution in [0.25, 0.3) is 21.3 Å². The summed E-state index contributed by atoms with van der Waals surface area (Å²) in [4.78, 5) is 29.6. The molecular weight excluding hydrogens is 417 g/mol. The Hall–Kier alpha value is -3.58. The van der Waals surface area contributed by atoms with Crippen LogP contribution in [0.2, 0.25) is 0 Å². The maximum absolute atomic E-state index is 14.0. The molecule has 0 spiro atoms. The molecule has 2 aromatic carbocycles. The Morgan fingerprint density at radius 3 is 2.65 bits per heavy atom. The van der Waals surface area contributed by atoms with E-state index in [2.05, 4.69) is 4.98 Å². The normalized spacial score (nSPS) is 10.9. The molecule has 2 aromatic heterocycles. The number of carbonyl (C=O) groups is 2. The first-order valence-electron chi connectivity index (χ1n) is 9.54. The largest absolute Gasteiger partial charge is 0.504 e. The van der Waals surface area contributed by atoms with Crippen LogP contribution >= 0.6 is 11.3 Å². The molecule has 1 N–H and O–H groups in total. The summed E-state index contributed by atoms with van der Waals surface area (Å²) >= 11 is 1.29. The van der Waals surface area contributed by atoms with E-state index in [4.69, 9.17) is 4.74 Å². The number of hydrogen-bond acceptors (Lipinski definition) is 6. The lowest BCUT2D eigenvalue weighted by atomic mass is 10.0. The minimum absolute atomic E-state index is 0.00249. The van der Waals surface area contributed by atoms with Crippen LogP contribution in [-0.2, 0) is 0 Å². The first-order chi connectivity index (χ1) is 15.0. The predicted octanol–water partition coefficient (Wildman–Crippen LogP) is 5.66. The Kier molecular flexibility index (Phi) is 5.77. The van der Waals surface area contributed by atoms with E-state index in [-0.39, 0.29) is 47.4 Å². The van der Waals surface area contributed by atoms with E-state index in [1.54, 1.807) is 24.3 Å². The molecule has 31 heavy (non-hydrogen) atoms. The number of aromatic hydroxyl groups is 1. The molecule has 0 aliphatic heterocycles. The monoisotopic (exact) mass is 435 g/mol. The molecule has 5 nitrogen and oxygen atoms in total. The highest BCUT2D eigenvalue weighted by atomic mass is 32.1. The van der Waals surface area contributed by atoms with Gasteiger partial charge >= 0.3 is 0 Å². The van der Waals surface area contributed by atoms with E-state index in [0.717, 1.165) is 10.9 Å². The second-order valence-corrected chi connectivity index (χ2v) is 7.79. The van der Waals surface area contributed by atoms with Crippen molar-refractivity contribution in [3.05, 3.63) is 77.1 Å². The quantitative estimate of drug-likeness (QED) is 0.379. The second-order valence-electron chi connectivity index (χ2n) is 6.91. The van der Waals surface area contributed by atoms with Crippen molar-refractivity contribution in [2.24, 2.45) is 0 Å². The fourth-order valence-electron chi connectivity index (χ4n) is 3.31. The zero-order valence-corrected chi connectivity index (χ0v) is 17.4. The number of pyridine rings is 1. The van der Waals surface area contributed by atoms with Crippen molar-refractivity contribution in [3.8, 4) is 22.8 Å². The third-order valence-corrected chi connectivity index (χ3v) is 5.95. The molecular formula is C24H18FNO4S. The van der Waals surface area contributed by atoms with Gasteiger partial charge in [0.05, 0.1) is 17.5 Å². The number of Topliss-reactive ketones (excluding diaryl/α,β-unsaturated/α-hetero) is 2. The summed E-state index contributed by atoms with van der Waals surface area (Å²) in [6.07, 6.45) is 0.00273. The standard InChI is InChI=1S/C24H18FNO4S/c1-30-23-12-14(8-9-22(23)29)20(27)10-11-21(28)19-7-3-6-18(26-19)16-13-31-24-15(16)4-2-5-17(24)25/h2-9,12-13,29H,10-11H2,1H3. The molecule has 0 saturated carbocycles. The van der Waals surface area contributed by atoms with E-state index in [1.165, 1.54) is 42.7 Å². The van der Waals surface area contributed by atoms with Crippen molar-refractivity contribution >= 4 is 33.0 Å². The second kappa shape index (κ2) is 8.65. The summed E-state index contributed by atoms with van der Waals surface area (Å²) in [5.41, 5.74) is 1.96. The number of carbonyl (C=O) groups excluding carboxylic acids is 2. The lowest BCUT2D eigenvalue weighted by molar-refractivity contribution is 0.0915. The van der Waals surface area contributed by atoms with Gasteiger partial charge in [0.25, 0.3) is 0 Å². The number of thiophene rings is 1. The number of ether oxygens (including phenoxy) is 1. The van der Waals surface area contributed by atoms with Crippen LogP contribution in [0.15, 0.2) is 60.0 Å². The van der Waals surface area contributed by atoms with Gasteiger partial charge < -0.3 is 9.84 Å². The van der Waals surface area contributed by atoms with Crippen molar-refractivity contribution in [2.75, 3.05) is 7.11 Å². The molecule has 0 radical (unpaired) electrons. The number of nitrogens with zero attached hydrogens (tertiary/aromatic N) is 1. The van der Waals surface area contributed by atoms with Gasteiger partial charge in [0.1, 0.15) is 11.5 Å². The number of phenols is 1. The first kappa shape index (κ1) is 20.7. The molecule has 4 aromatic rings. The summed E-state index contributed by atoms with van der Waals surface area (Å²) in [5.74, 6) is -0.637. The number of methoxy groups -OCH3 is 1. The molecule has 0 bridgehead atoms. The van der Waals surface area contributed by atoms with Gasteiger partial charge in [-0.2, -0.15) is 0 Å². The Morgan fingerprint density at radius 2 is 1.84 bits per heavy atom. The maximum atomic E-state index is 14.0. The van der Waals surface area contributed by atoms with Crippen molar-refractivity contribution in [1.29, 1.82) is 0 Å². The zero-order valence-electron chi connectivity index (χ0n) is 16.6. The van der Waals surface area contributed by atoms with Crippen LogP contribution in [0.5, 0.6) is 11.5 Å². The van der Waals surface area contributed by atoms with Crippen LogP contribution in [0.1, 0.15) is 33.7 Å². The minimum atomic E-state index is -0.287. The zero-order chi connectivity index (χ0) is 22.0. The highest BCUT2D eigenvalue weighted by Gasteiger charge is 2.16. The number of aromatic nitrogens is 1. The van der Waals surface area contributed by atoms with Crippen LogP contribution in [0, 0.1) is 5.82 Å². The number of ketones is 2. The molecule has 0 amide bonds. The van der Waals surface area contributed by atoms with Crippen LogP contribution in [0.3, 0.4) is 0 Å². The van der Waals surface area contributed by atoms with Crippen molar-refractivity contribution < 1.29 is 23.8 Å². The number of benzene rings is 2. The average molecular weight is 435 g/mol. The van der Waals surface area contributed by atoms with Crippen molar-refractivity contribution in [2.45, 2.75) is 12.8 Å². The Morgan fingerprint density at radius 1 is 1.06 bits per heavy atom. The minimum Gasteiger partial charge on any atom is -0.504 e. The number of rotatable bonds is 7. The number of hydrogen-bond donors (Lipinski definition) is 1. The van der Waals surface area contributed by atoms with E-state index < -0.39 is 0 Å². The van der Waals surface area contributed by atoms with Gasteiger partial charge in [0, 0.05) is 34.7 Å². The van der Waals surface area contributed by atoms with E-state index in [1.807, 2.05) is 11.4 Å². The summed E-state index contributed by atoms with van der Waals surface area (Å²) in [6.45, 7) is 0. The number of halogens is 1. The highest BCUT2D eigenvalue weighted by molar-refractivity contribution is 7.17. The van der Waals surface area contributed by atoms with Crippen molar-refractivity contribution in [1.82, 2.24) is 4.98 Å². The van der Waals surface area contributed by atoms with Gasteiger partial charge in [0.2, 0.25) is 0 Å². The van der Waals surface area contributed by atoms with E-state index >= 15 is 0 Å². The summed E-state index contributed by atoms with van der Waals surface area (Å²) < 4.78 is 19.6. The lowest BCUT2D eigenvalue weighted by Gasteiger charge is -2.06. The van der Waals surface area contributed by atoms with Gasteiger partial charge in [-0.05, 0) is 36.4 Å². The smallest absolute Gasteiger partial charge is 0.181 e. The number of fused-ring (bicyclic) bond motifs is 1. The molecule has 0 aliphatic rings. The number of phenolic OH excluding ortho intramolecular Hbond substituents is 1. The lowest BCUT2D eigenvalue weighted by Crippen LogP contribution is -2.07. The summed E-state index contributed by atoms with van der Waals surface area (Å²) in [5, 5.41) is 12.2. The summed E-state index contributed by atoms with van der Waals surface area (Å²) in [7, 11) is 1.40. The summed E-state index contributed by atoms with van der Waals surface area (Å²) in [6, 6.07) is 14.3. The van der Waals surface area contributed by atoms with Crippen LogP contribution in [-0.4, -0.2) is 28.8 Å². The Bertz CT molecular complexity index is 1300. The molecule has 0 fully saturated rings. The Labute approximate surface area is 181 Å². The van der Waals surface area contributed by atoms with Gasteiger partial charge in [-0.3, -0.25) is 9.59 Å². The topological polar surface area (TPSA) is 76.5 Å². The highest BCUT2D eigenvalue weighted by Crippen LogP contribution is 2.34. The molecule has 4 rings (SSSR count). The molecule has 0 saturated heterocycles. The average Bonchev–Trinajstić information content (AvgIpc) is 3.23. The Balaban J connectivity index is 1.51. The molecule has 0 atom stereocenters. The SMILES string of the molecule is COc1cc(C(=O)CCC(=O)c2cccc(-c3csc4c(F)cccc34)n2)ccc1O. The molecule has 156 valence electrons. The van der Waals surface area contributed by atoms with Crippen LogP contribution < -0.4 is 4.74 Å². The van der Waals surface area contributed by atoms with Gasteiger partial charge in [-0.25, -0.2) is 9.37 Å². The third kappa shape index (κ3) is 4.18. The van der Waals surface area contributed by atoms with Crippen LogP contribution in [0.4, 0.5) is 4.39 Å². The molecule has 2 heterocycles.